The summed E-state index contributed by atoms with van der Waals surface area (Å²) in [6.07, 6.45) is 1.66. The fourth-order valence-corrected chi connectivity index (χ4v) is 2.86. The first-order valence-corrected chi connectivity index (χ1v) is 8.28. The van der Waals surface area contributed by atoms with Gasteiger partial charge in [0.05, 0.1) is 10.9 Å². The Hall–Kier alpha value is -1.40. The third-order valence-electron chi connectivity index (χ3n) is 2.92. The lowest BCUT2D eigenvalue weighted by Gasteiger charge is -2.14. The van der Waals surface area contributed by atoms with Gasteiger partial charge in [-0.3, -0.25) is 4.79 Å². The van der Waals surface area contributed by atoms with Crippen LogP contribution in [-0.2, 0) is 21.2 Å². The molecular formula is C14H22N2O3S. The van der Waals surface area contributed by atoms with E-state index in [1.54, 1.807) is 24.3 Å². The monoisotopic (exact) mass is 298 g/mol. The van der Waals surface area contributed by atoms with E-state index >= 15 is 0 Å². The molecule has 0 heterocycles. The molecule has 0 unspecified atom stereocenters. The van der Waals surface area contributed by atoms with Gasteiger partial charge in [-0.2, -0.15) is 4.72 Å². The molecule has 1 aromatic carbocycles. The highest BCUT2D eigenvalue weighted by molar-refractivity contribution is 7.89. The second-order valence-corrected chi connectivity index (χ2v) is 6.35. The molecule has 0 spiro atoms. The van der Waals surface area contributed by atoms with Crippen LogP contribution in [0.1, 0.15) is 32.8 Å². The van der Waals surface area contributed by atoms with Crippen molar-refractivity contribution >= 4 is 15.9 Å². The minimum absolute atomic E-state index is 0.171. The van der Waals surface area contributed by atoms with Crippen molar-refractivity contribution in [3.05, 3.63) is 29.8 Å². The van der Waals surface area contributed by atoms with Gasteiger partial charge in [0, 0.05) is 6.54 Å². The van der Waals surface area contributed by atoms with E-state index in [1.807, 2.05) is 13.8 Å². The first-order valence-electron chi connectivity index (χ1n) is 6.79. The summed E-state index contributed by atoms with van der Waals surface area (Å²) in [5.41, 5.74) is 1.07. The maximum absolute atomic E-state index is 12.1. The maximum Gasteiger partial charge on any atom is 0.241 e. The van der Waals surface area contributed by atoms with Crippen LogP contribution < -0.4 is 10.0 Å². The Kier molecular flexibility index (Phi) is 6.16. The van der Waals surface area contributed by atoms with Gasteiger partial charge in [-0.15, -0.1) is 0 Å². The minimum Gasteiger partial charge on any atom is -0.355 e. The summed E-state index contributed by atoms with van der Waals surface area (Å²) in [5.74, 6) is -0.319. The first-order chi connectivity index (χ1) is 9.40. The number of benzene rings is 1. The second kappa shape index (κ2) is 7.40. The lowest BCUT2D eigenvalue weighted by Crippen LogP contribution is -2.44. The molecule has 0 bridgehead atoms. The standard InChI is InChI=1S/C14H22N2O3S/c1-4-10-15-14(17)11(3)16-20(18,19)13-8-6-12(5-2)7-9-13/h6-9,11,16H,4-5,10H2,1-3H3,(H,15,17)/t11-/m0/s1. The van der Waals surface area contributed by atoms with Crippen LogP contribution in [0.15, 0.2) is 29.2 Å². The third-order valence-corrected chi connectivity index (χ3v) is 4.47. The highest BCUT2D eigenvalue weighted by Crippen LogP contribution is 2.11. The zero-order valence-electron chi connectivity index (χ0n) is 12.1. The van der Waals surface area contributed by atoms with Gasteiger partial charge in [0.1, 0.15) is 0 Å². The summed E-state index contributed by atoms with van der Waals surface area (Å²) >= 11 is 0. The van der Waals surface area contributed by atoms with Gasteiger partial charge in [0.25, 0.3) is 0 Å². The number of hydrogen-bond donors (Lipinski definition) is 2. The quantitative estimate of drug-likeness (QED) is 0.800. The summed E-state index contributed by atoms with van der Waals surface area (Å²) in [4.78, 5) is 11.8. The van der Waals surface area contributed by atoms with Gasteiger partial charge in [-0.25, -0.2) is 8.42 Å². The van der Waals surface area contributed by atoms with Crippen molar-refractivity contribution in [3.8, 4) is 0 Å². The van der Waals surface area contributed by atoms with Crippen molar-refractivity contribution in [1.82, 2.24) is 10.0 Å². The zero-order chi connectivity index (χ0) is 15.2. The zero-order valence-corrected chi connectivity index (χ0v) is 13.0. The molecule has 112 valence electrons. The predicted octanol–water partition coefficient (Wildman–Crippen LogP) is 1.44. The smallest absolute Gasteiger partial charge is 0.241 e. The number of sulfonamides is 1. The van der Waals surface area contributed by atoms with E-state index in [0.717, 1.165) is 18.4 Å². The molecule has 0 aliphatic carbocycles. The molecule has 1 aromatic rings. The lowest BCUT2D eigenvalue weighted by molar-refractivity contribution is -0.122. The van der Waals surface area contributed by atoms with Gasteiger partial charge in [-0.1, -0.05) is 26.0 Å². The Morgan fingerprint density at radius 3 is 2.30 bits per heavy atom. The topological polar surface area (TPSA) is 75.3 Å². The minimum atomic E-state index is -3.67. The average molecular weight is 298 g/mol. The van der Waals surface area contributed by atoms with Crippen LogP contribution in [0.25, 0.3) is 0 Å². The van der Waals surface area contributed by atoms with Crippen LogP contribution >= 0.6 is 0 Å². The second-order valence-electron chi connectivity index (χ2n) is 4.63. The molecule has 0 aromatic heterocycles. The molecule has 6 heteroatoms. The average Bonchev–Trinajstić information content (AvgIpc) is 2.44. The van der Waals surface area contributed by atoms with Crippen LogP contribution in [-0.4, -0.2) is 26.9 Å². The van der Waals surface area contributed by atoms with E-state index in [1.165, 1.54) is 6.92 Å². The SMILES string of the molecule is CCCNC(=O)[C@H](C)NS(=O)(=O)c1ccc(CC)cc1. The van der Waals surface area contributed by atoms with E-state index in [0.29, 0.717) is 6.54 Å². The highest BCUT2D eigenvalue weighted by atomic mass is 32.2. The molecule has 5 nitrogen and oxygen atoms in total. The maximum atomic E-state index is 12.1. The molecule has 0 aliphatic rings. The van der Waals surface area contributed by atoms with E-state index in [4.69, 9.17) is 0 Å². The van der Waals surface area contributed by atoms with Crippen LogP contribution in [0.4, 0.5) is 0 Å². The summed E-state index contributed by atoms with van der Waals surface area (Å²) in [5, 5.41) is 2.66. The first kappa shape index (κ1) is 16.7. The van der Waals surface area contributed by atoms with Gasteiger partial charge in [-0.05, 0) is 37.5 Å². The molecule has 0 fully saturated rings. The van der Waals surface area contributed by atoms with Gasteiger partial charge in [0.2, 0.25) is 15.9 Å². The number of carbonyl (C=O) groups is 1. The number of aryl methyl sites for hydroxylation is 1. The van der Waals surface area contributed by atoms with Crippen molar-refractivity contribution in [2.24, 2.45) is 0 Å². The van der Waals surface area contributed by atoms with Crippen LogP contribution in [0.2, 0.25) is 0 Å². The number of rotatable bonds is 7. The van der Waals surface area contributed by atoms with Gasteiger partial charge >= 0.3 is 0 Å². The number of nitrogens with one attached hydrogen (secondary N) is 2. The molecule has 0 saturated carbocycles. The molecule has 1 atom stereocenters. The summed E-state index contributed by atoms with van der Waals surface area (Å²) in [7, 11) is -3.67. The van der Waals surface area contributed by atoms with Crippen molar-refractivity contribution in [2.45, 2.75) is 44.6 Å². The highest BCUT2D eigenvalue weighted by Gasteiger charge is 2.21. The summed E-state index contributed by atoms with van der Waals surface area (Å²) in [6.45, 7) is 6.01. The fraction of sp³-hybridized carbons (Fsp3) is 0.500. The van der Waals surface area contributed by atoms with E-state index in [9.17, 15) is 13.2 Å². The largest absolute Gasteiger partial charge is 0.355 e. The fourth-order valence-electron chi connectivity index (χ4n) is 1.66. The Balaban J connectivity index is 2.75. The Labute approximate surface area is 120 Å². The normalized spacial score (nSPS) is 12.9. The molecule has 0 aliphatic heterocycles. The van der Waals surface area contributed by atoms with Crippen molar-refractivity contribution in [3.63, 3.8) is 0 Å². The summed E-state index contributed by atoms with van der Waals surface area (Å²) < 4.78 is 26.6. The van der Waals surface area contributed by atoms with Crippen molar-refractivity contribution in [1.29, 1.82) is 0 Å². The molecule has 0 radical (unpaired) electrons. The van der Waals surface area contributed by atoms with Gasteiger partial charge < -0.3 is 5.32 Å². The van der Waals surface area contributed by atoms with Crippen molar-refractivity contribution < 1.29 is 13.2 Å². The molecule has 0 saturated heterocycles. The lowest BCUT2D eigenvalue weighted by atomic mass is 10.2. The number of carbonyl (C=O) groups excluding carboxylic acids is 1. The van der Waals surface area contributed by atoms with E-state index in [2.05, 4.69) is 10.0 Å². The molecule has 1 rings (SSSR count). The molecule has 20 heavy (non-hydrogen) atoms. The third kappa shape index (κ3) is 4.61. The Morgan fingerprint density at radius 1 is 1.20 bits per heavy atom. The van der Waals surface area contributed by atoms with E-state index < -0.39 is 16.1 Å². The van der Waals surface area contributed by atoms with Crippen LogP contribution in [0.5, 0.6) is 0 Å². The molecule has 1 amide bonds. The van der Waals surface area contributed by atoms with Crippen LogP contribution in [0.3, 0.4) is 0 Å². The Bertz CT molecular complexity index is 538. The van der Waals surface area contributed by atoms with Crippen LogP contribution in [0, 0.1) is 0 Å². The molecular weight excluding hydrogens is 276 g/mol. The van der Waals surface area contributed by atoms with Gasteiger partial charge in [0.15, 0.2) is 0 Å². The Morgan fingerprint density at radius 2 is 1.80 bits per heavy atom. The number of amides is 1. The summed E-state index contributed by atoms with van der Waals surface area (Å²) in [6, 6.07) is 5.86. The van der Waals surface area contributed by atoms with E-state index in [-0.39, 0.29) is 10.8 Å². The predicted molar refractivity (Wildman–Crippen MR) is 78.9 cm³/mol. The number of hydrogen-bond acceptors (Lipinski definition) is 3. The van der Waals surface area contributed by atoms with Crippen molar-refractivity contribution in [2.75, 3.05) is 6.54 Å². The molecule has 2 N–H and O–H groups in total.